The first-order chi connectivity index (χ1) is 24.9. The van der Waals surface area contributed by atoms with Crippen molar-refractivity contribution in [2.24, 2.45) is 17.8 Å². The number of carbonyl (C=O) groups is 5. The van der Waals surface area contributed by atoms with Crippen LogP contribution in [0, 0.1) is 23.2 Å². The molecule has 0 saturated heterocycles. The predicted molar refractivity (Wildman–Crippen MR) is 194 cm³/mol. The van der Waals surface area contributed by atoms with Crippen LogP contribution in [-0.2, 0) is 30.2 Å². The van der Waals surface area contributed by atoms with Crippen molar-refractivity contribution in [3.63, 3.8) is 0 Å². The van der Waals surface area contributed by atoms with Gasteiger partial charge in [0.25, 0.3) is 5.91 Å². The van der Waals surface area contributed by atoms with Crippen LogP contribution in [0.5, 0.6) is 5.75 Å². The van der Waals surface area contributed by atoms with E-state index in [0.717, 1.165) is 12.8 Å². The molecule has 0 bridgehead atoms. The molecule has 0 radical (unpaired) electrons. The molecule has 1 atom stereocenters. The number of ketones is 1. The molecule has 2 N–H and O–H groups in total. The Hall–Kier alpha value is -5.65. The number of nitrogens with zero attached hydrogens (tertiary/aromatic N) is 1. The molecule has 1 aliphatic rings. The fourth-order valence-electron chi connectivity index (χ4n) is 5.17. The Morgan fingerprint density at radius 2 is 1.69 bits per heavy atom. The van der Waals surface area contributed by atoms with Crippen molar-refractivity contribution in [3.8, 4) is 16.9 Å². The van der Waals surface area contributed by atoms with Gasteiger partial charge in [0.15, 0.2) is 11.5 Å². The van der Waals surface area contributed by atoms with Crippen molar-refractivity contribution in [2.45, 2.75) is 53.4 Å². The molecule has 0 aliphatic heterocycles. The first-order valence-corrected chi connectivity index (χ1v) is 17.2. The number of rotatable bonds is 18. The van der Waals surface area contributed by atoms with Crippen molar-refractivity contribution in [1.82, 2.24) is 10.3 Å². The van der Waals surface area contributed by atoms with Crippen LogP contribution in [0.1, 0.15) is 95.0 Å². The lowest BCUT2D eigenvalue weighted by Crippen LogP contribution is -2.27. The molecule has 1 fully saturated rings. The van der Waals surface area contributed by atoms with Crippen LogP contribution in [-0.4, -0.2) is 67.3 Å². The van der Waals surface area contributed by atoms with Gasteiger partial charge in [-0.05, 0) is 72.6 Å². The number of hydrogen-bond acceptors (Lipinski definition) is 11. The minimum Gasteiger partial charge on any atom is -0.496 e. The van der Waals surface area contributed by atoms with Gasteiger partial charge in [0.1, 0.15) is 11.4 Å². The van der Waals surface area contributed by atoms with E-state index in [1.807, 2.05) is 13.8 Å². The molecule has 1 amide bonds. The summed E-state index contributed by atoms with van der Waals surface area (Å²) in [6, 6.07) is 12.9. The fourth-order valence-corrected chi connectivity index (χ4v) is 5.17. The van der Waals surface area contributed by atoms with Crippen LogP contribution < -0.4 is 10.1 Å². The van der Waals surface area contributed by atoms with Crippen LogP contribution in [0.4, 0.5) is 0 Å². The maximum atomic E-state index is 14.1. The molecule has 1 aliphatic carbocycles. The van der Waals surface area contributed by atoms with Gasteiger partial charge < -0.3 is 29.7 Å². The zero-order valence-electron chi connectivity index (χ0n) is 30.2. The number of pyridine rings is 1. The lowest BCUT2D eigenvalue weighted by atomic mass is 9.90. The number of amides is 1. The van der Waals surface area contributed by atoms with E-state index < -0.39 is 36.5 Å². The zero-order chi connectivity index (χ0) is 37.9. The Labute approximate surface area is 303 Å². The SMILES string of the molecule is C=Cc1cc(C(=O)Cc2ccc(C(=N)CC(=O)OCC)cc2)c(-c2ccc(C(=O)NCC3CC3)nc2C(=O)OCOC(=O)[C@@H](C)C(C)C)cc1OC. The Balaban J connectivity index is 1.70. The summed E-state index contributed by atoms with van der Waals surface area (Å²) in [4.78, 5) is 69.4. The zero-order valence-corrected chi connectivity index (χ0v) is 30.2. The number of nitrogens with one attached hydrogen (secondary N) is 2. The molecule has 3 aromatic rings. The van der Waals surface area contributed by atoms with Crippen LogP contribution in [0.15, 0.2) is 55.1 Å². The summed E-state index contributed by atoms with van der Waals surface area (Å²) in [5.74, 6) is -2.44. The summed E-state index contributed by atoms with van der Waals surface area (Å²) < 4.78 is 21.1. The minimum absolute atomic E-state index is 0.00881. The van der Waals surface area contributed by atoms with Gasteiger partial charge in [-0.2, -0.15) is 0 Å². The number of methoxy groups -OCH3 is 1. The molecule has 1 saturated carbocycles. The molecule has 2 aromatic carbocycles. The number of benzene rings is 2. The van der Waals surface area contributed by atoms with Crippen molar-refractivity contribution in [3.05, 3.63) is 88.8 Å². The lowest BCUT2D eigenvalue weighted by molar-refractivity contribution is -0.158. The Kier molecular flexibility index (Phi) is 13.6. The largest absolute Gasteiger partial charge is 0.496 e. The highest BCUT2D eigenvalue weighted by Crippen LogP contribution is 2.35. The average Bonchev–Trinajstić information content (AvgIpc) is 3.97. The smallest absolute Gasteiger partial charge is 0.360 e. The Morgan fingerprint density at radius 3 is 2.31 bits per heavy atom. The first kappa shape index (κ1) is 39.1. The second kappa shape index (κ2) is 18.0. The van der Waals surface area contributed by atoms with Gasteiger partial charge >= 0.3 is 17.9 Å². The molecule has 274 valence electrons. The summed E-state index contributed by atoms with van der Waals surface area (Å²) in [6.45, 7) is 11.0. The van der Waals surface area contributed by atoms with Crippen molar-refractivity contribution >= 4 is 41.4 Å². The minimum atomic E-state index is -0.970. The van der Waals surface area contributed by atoms with E-state index >= 15 is 0 Å². The van der Waals surface area contributed by atoms with Gasteiger partial charge in [0, 0.05) is 35.4 Å². The lowest BCUT2D eigenvalue weighted by Gasteiger charge is -2.17. The van der Waals surface area contributed by atoms with Crippen molar-refractivity contribution in [2.75, 3.05) is 27.1 Å². The average molecular weight is 712 g/mol. The van der Waals surface area contributed by atoms with Crippen LogP contribution in [0.3, 0.4) is 0 Å². The van der Waals surface area contributed by atoms with Crippen LogP contribution >= 0.6 is 0 Å². The van der Waals surface area contributed by atoms with Crippen LogP contribution in [0.25, 0.3) is 17.2 Å². The van der Waals surface area contributed by atoms with Gasteiger partial charge in [-0.25, -0.2) is 9.78 Å². The van der Waals surface area contributed by atoms with Gasteiger partial charge in [-0.15, -0.1) is 0 Å². The summed E-state index contributed by atoms with van der Waals surface area (Å²) in [7, 11) is 1.46. The van der Waals surface area contributed by atoms with E-state index in [0.29, 0.717) is 34.9 Å². The van der Waals surface area contributed by atoms with E-state index in [-0.39, 0.29) is 64.9 Å². The number of esters is 3. The molecule has 52 heavy (non-hydrogen) atoms. The Morgan fingerprint density at radius 1 is 0.981 bits per heavy atom. The number of ether oxygens (including phenoxy) is 4. The summed E-state index contributed by atoms with van der Waals surface area (Å²) in [5, 5.41) is 11.1. The summed E-state index contributed by atoms with van der Waals surface area (Å²) >= 11 is 0. The third-order valence-electron chi connectivity index (χ3n) is 8.81. The highest BCUT2D eigenvalue weighted by Gasteiger charge is 2.27. The molecule has 12 heteroatoms. The topological polar surface area (TPSA) is 171 Å². The summed E-state index contributed by atoms with van der Waals surface area (Å²) in [5.41, 5.74) is 2.16. The highest BCUT2D eigenvalue weighted by molar-refractivity contribution is 6.09. The quantitative estimate of drug-likeness (QED) is 0.0667. The number of Topliss-reactive ketones (excluding diaryl/α,β-unsaturated/α-hetero) is 1. The van der Waals surface area contributed by atoms with Gasteiger partial charge in [0.05, 0.1) is 26.1 Å². The monoisotopic (exact) mass is 711 g/mol. The van der Waals surface area contributed by atoms with Gasteiger partial charge in [-0.1, -0.05) is 57.7 Å². The number of aromatic nitrogens is 1. The normalized spacial score (nSPS) is 12.7. The molecule has 12 nitrogen and oxygen atoms in total. The molecule has 0 spiro atoms. The van der Waals surface area contributed by atoms with E-state index in [1.54, 1.807) is 50.2 Å². The molecular weight excluding hydrogens is 666 g/mol. The maximum absolute atomic E-state index is 14.1. The van der Waals surface area contributed by atoms with Gasteiger partial charge in [-0.3, -0.25) is 19.2 Å². The number of carbonyl (C=O) groups excluding carboxylic acids is 5. The molecule has 0 unspecified atom stereocenters. The highest BCUT2D eigenvalue weighted by atomic mass is 16.7. The standard InChI is InChI=1S/C40H45N3O9/c1-7-27-18-31(34(44)17-25-11-13-28(14-12-25)32(41)20-36(45)50-8-2)30(19-35(27)49-6)29-15-16-33(38(46)42-21-26-9-10-26)43-37(29)40(48)52-22-51-39(47)24(5)23(3)4/h7,11-16,18-19,23-24,26,41H,1,8-10,17,20-22H2,2-6H3,(H,42,46)/t24-/m0/s1. The fraction of sp³-hybridized carbons (Fsp3) is 0.375. The van der Waals surface area contributed by atoms with E-state index in [4.69, 9.17) is 24.4 Å². The van der Waals surface area contributed by atoms with E-state index in [2.05, 4.69) is 16.9 Å². The molecule has 1 heterocycles. The maximum Gasteiger partial charge on any atom is 0.360 e. The molecule has 4 rings (SSSR count). The predicted octanol–water partition coefficient (Wildman–Crippen LogP) is 6.24. The number of hydrogen-bond donors (Lipinski definition) is 2. The Bertz CT molecular complexity index is 1850. The second-order valence-corrected chi connectivity index (χ2v) is 12.9. The van der Waals surface area contributed by atoms with E-state index in [1.165, 1.54) is 25.3 Å². The first-order valence-electron chi connectivity index (χ1n) is 17.2. The molecule has 1 aromatic heterocycles. The third-order valence-corrected chi connectivity index (χ3v) is 8.81. The summed E-state index contributed by atoms with van der Waals surface area (Å²) in [6.07, 6.45) is 3.36. The van der Waals surface area contributed by atoms with E-state index in [9.17, 15) is 24.0 Å². The second-order valence-electron chi connectivity index (χ2n) is 12.9. The van der Waals surface area contributed by atoms with Gasteiger partial charge in [0.2, 0.25) is 6.79 Å². The molecular formula is C40H45N3O9. The third kappa shape index (κ3) is 10.2. The van der Waals surface area contributed by atoms with Crippen LogP contribution in [0.2, 0.25) is 0 Å². The van der Waals surface area contributed by atoms with Crippen molar-refractivity contribution in [1.29, 1.82) is 5.41 Å². The van der Waals surface area contributed by atoms with Crippen molar-refractivity contribution < 1.29 is 42.9 Å².